The SMILES string of the molecule is Cn1ccc2cc(N3Cc4ccc(F)cc4C3=O)ccc21. The van der Waals surface area contributed by atoms with Gasteiger partial charge in [0, 0.05) is 35.4 Å². The number of hydrogen-bond donors (Lipinski definition) is 0. The van der Waals surface area contributed by atoms with Crippen molar-refractivity contribution in [2.24, 2.45) is 7.05 Å². The largest absolute Gasteiger partial charge is 0.351 e. The minimum atomic E-state index is -0.373. The predicted molar refractivity (Wildman–Crippen MR) is 79.8 cm³/mol. The predicted octanol–water partition coefficient (Wildman–Crippen LogP) is 3.48. The zero-order valence-electron chi connectivity index (χ0n) is 11.5. The Morgan fingerprint density at radius 2 is 1.95 bits per heavy atom. The third-order valence-electron chi connectivity index (χ3n) is 4.06. The number of anilines is 1. The van der Waals surface area contributed by atoms with Gasteiger partial charge in [0.05, 0.1) is 6.54 Å². The van der Waals surface area contributed by atoms with Crippen LogP contribution >= 0.6 is 0 Å². The topological polar surface area (TPSA) is 25.2 Å². The average molecular weight is 280 g/mol. The molecular formula is C17H13FN2O. The molecule has 1 aliphatic rings. The zero-order valence-corrected chi connectivity index (χ0v) is 11.5. The fraction of sp³-hybridized carbons (Fsp3) is 0.118. The highest BCUT2D eigenvalue weighted by molar-refractivity contribution is 6.10. The van der Waals surface area contributed by atoms with Gasteiger partial charge in [0.2, 0.25) is 0 Å². The molecule has 4 heteroatoms. The Labute approximate surface area is 121 Å². The Morgan fingerprint density at radius 1 is 1.10 bits per heavy atom. The molecule has 0 unspecified atom stereocenters. The molecule has 0 fully saturated rings. The molecule has 21 heavy (non-hydrogen) atoms. The second kappa shape index (κ2) is 4.19. The quantitative estimate of drug-likeness (QED) is 0.670. The maximum absolute atomic E-state index is 13.3. The van der Waals surface area contributed by atoms with Crippen LogP contribution in [0.1, 0.15) is 15.9 Å². The van der Waals surface area contributed by atoms with E-state index in [0.717, 1.165) is 22.2 Å². The van der Waals surface area contributed by atoms with E-state index in [1.54, 1.807) is 11.0 Å². The van der Waals surface area contributed by atoms with Gasteiger partial charge in [0.15, 0.2) is 0 Å². The van der Waals surface area contributed by atoms with Crippen molar-refractivity contribution < 1.29 is 9.18 Å². The van der Waals surface area contributed by atoms with Crippen molar-refractivity contribution in [1.82, 2.24) is 4.57 Å². The second-order valence-corrected chi connectivity index (χ2v) is 5.36. The lowest BCUT2D eigenvalue weighted by atomic mass is 10.1. The monoisotopic (exact) mass is 280 g/mol. The Morgan fingerprint density at radius 3 is 2.81 bits per heavy atom. The Balaban J connectivity index is 1.78. The third-order valence-corrected chi connectivity index (χ3v) is 4.06. The molecule has 3 nitrogen and oxygen atoms in total. The number of amides is 1. The van der Waals surface area contributed by atoms with Crippen LogP contribution in [0.3, 0.4) is 0 Å². The number of aromatic nitrogens is 1. The highest BCUT2D eigenvalue weighted by Gasteiger charge is 2.28. The third kappa shape index (κ3) is 1.76. The van der Waals surface area contributed by atoms with Crippen molar-refractivity contribution in [3.8, 4) is 0 Å². The molecule has 0 radical (unpaired) electrons. The smallest absolute Gasteiger partial charge is 0.259 e. The van der Waals surface area contributed by atoms with E-state index >= 15 is 0 Å². The Kier molecular flexibility index (Phi) is 2.42. The van der Waals surface area contributed by atoms with E-state index in [1.807, 2.05) is 42.1 Å². The van der Waals surface area contributed by atoms with Crippen LogP contribution in [0.25, 0.3) is 10.9 Å². The molecule has 1 aliphatic heterocycles. The molecule has 0 spiro atoms. The maximum atomic E-state index is 13.3. The number of hydrogen-bond acceptors (Lipinski definition) is 1. The summed E-state index contributed by atoms with van der Waals surface area (Å²) >= 11 is 0. The van der Waals surface area contributed by atoms with Crippen molar-refractivity contribution >= 4 is 22.5 Å². The van der Waals surface area contributed by atoms with Crippen LogP contribution in [-0.2, 0) is 13.6 Å². The highest BCUT2D eigenvalue weighted by atomic mass is 19.1. The van der Waals surface area contributed by atoms with Gasteiger partial charge >= 0.3 is 0 Å². The summed E-state index contributed by atoms with van der Waals surface area (Å²) in [4.78, 5) is 14.1. The molecule has 1 aromatic heterocycles. The first kappa shape index (κ1) is 12.1. The number of carbonyl (C=O) groups is 1. The fourth-order valence-corrected chi connectivity index (χ4v) is 2.92. The van der Waals surface area contributed by atoms with Crippen LogP contribution in [0.4, 0.5) is 10.1 Å². The number of benzene rings is 2. The van der Waals surface area contributed by atoms with Crippen molar-refractivity contribution in [3.63, 3.8) is 0 Å². The van der Waals surface area contributed by atoms with Gasteiger partial charge in [-0.25, -0.2) is 4.39 Å². The number of aryl methyl sites for hydroxylation is 1. The summed E-state index contributed by atoms with van der Waals surface area (Å²) in [5.74, 6) is -0.512. The Hall–Kier alpha value is -2.62. The van der Waals surface area contributed by atoms with Crippen molar-refractivity contribution in [3.05, 3.63) is 65.6 Å². The first-order valence-electron chi connectivity index (χ1n) is 6.79. The molecule has 3 aromatic rings. The van der Waals surface area contributed by atoms with Gasteiger partial charge in [-0.1, -0.05) is 6.07 Å². The van der Waals surface area contributed by atoms with Crippen LogP contribution < -0.4 is 4.90 Å². The van der Waals surface area contributed by atoms with Gasteiger partial charge in [-0.05, 0) is 42.0 Å². The molecule has 0 atom stereocenters. The van der Waals surface area contributed by atoms with E-state index in [2.05, 4.69) is 0 Å². The molecule has 0 saturated heterocycles. The molecule has 0 N–H and O–H groups in total. The lowest BCUT2D eigenvalue weighted by molar-refractivity contribution is 0.0996. The molecule has 104 valence electrons. The average Bonchev–Trinajstić information content (AvgIpc) is 3.01. The molecule has 2 aromatic carbocycles. The van der Waals surface area contributed by atoms with Crippen LogP contribution in [0.5, 0.6) is 0 Å². The van der Waals surface area contributed by atoms with Crippen LogP contribution in [0.2, 0.25) is 0 Å². The van der Waals surface area contributed by atoms with Gasteiger partial charge in [0.25, 0.3) is 5.91 Å². The minimum Gasteiger partial charge on any atom is -0.351 e. The number of nitrogens with zero attached hydrogens (tertiary/aromatic N) is 2. The number of halogens is 1. The van der Waals surface area contributed by atoms with Crippen LogP contribution in [0.15, 0.2) is 48.7 Å². The van der Waals surface area contributed by atoms with E-state index in [1.165, 1.54) is 12.1 Å². The van der Waals surface area contributed by atoms with Gasteiger partial charge in [-0.3, -0.25) is 4.79 Å². The van der Waals surface area contributed by atoms with Gasteiger partial charge in [0.1, 0.15) is 5.82 Å². The normalized spacial score (nSPS) is 14.0. The number of rotatable bonds is 1. The first-order valence-corrected chi connectivity index (χ1v) is 6.79. The second-order valence-electron chi connectivity index (χ2n) is 5.36. The Bertz CT molecular complexity index is 882. The van der Waals surface area contributed by atoms with E-state index in [0.29, 0.717) is 12.1 Å². The van der Waals surface area contributed by atoms with Gasteiger partial charge in [-0.2, -0.15) is 0 Å². The summed E-state index contributed by atoms with van der Waals surface area (Å²) in [5.41, 5.74) is 3.29. The molecule has 1 amide bonds. The standard InChI is InChI=1S/C17H13FN2O/c1-19-7-6-11-8-14(4-5-16(11)19)20-10-12-2-3-13(18)9-15(12)17(20)21/h2-9H,10H2,1H3. The van der Waals surface area contributed by atoms with E-state index in [9.17, 15) is 9.18 Å². The van der Waals surface area contributed by atoms with E-state index < -0.39 is 0 Å². The molecule has 0 aliphatic carbocycles. The van der Waals surface area contributed by atoms with E-state index in [-0.39, 0.29) is 11.7 Å². The summed E-state index contributed by atoms with van der Waals surface area (Å²) in [7, 11) is 1.99. The molecule has 2 heterocycles. The van der Waals surface area contributed by atoms with Crippen LogP contribution in [0, 0.1) is 5.82 Å². The van der Waals surface area contributed by atoms with E-state index in [4.69, 9.17) is 0 Å². The fourth-order valence-electron chi connectivity index (χ4n) is 2.92. The number of fused-ring (bicyclic) bond motifs is 2. The zero-order chi connectivity index (χ0) is 14.6. The summed E-state index contributed by atoms with van der Waals surface area (Å²) in [6.07, 6.45) is 1.99. The minimum absolute atomic E-state index is 0.139. The van der Waals surface area contributed by atoms with Crippen molar-refractivity contribution in [2.45, 2.75) is 6.54 Å². The lowest BCUT2D eigenvalue weighted by Gasteiger charge is -2.16. The first-order chi connectivity index (χ1) is 10.1. The summed E-state index contributed by atoms with van der Waals surface area (Å²) in [6, 6.07) is 12.4. The van der Waals surface area contributed by atoms with Crippen molar-refractivity contribution in [2.75, 3.05) is 4.90 Å². The van der Waals surface area contributed by atoms with Crippen molar-refractivity contribution in [1.29, 1.82) is 0 Å². The highest BCUT2D eigenvalue weighted by Crippen LogP contribution is 2.30. The van der Waals surface area contributed by atoms with Gasteiger partial charge < -0.3 is 9.47 Å². The van der Waals surface area contributed by atoms with Crippen LogP contribution in [-0.4, -0.2) is 10.5 Å². The summed E-state index contributed by atoms with van der Waals surface area (Å²) in [5, 5.41) is 1.09. The molecular weight excluding hydrogens is 267 g/mol. The maximum Gasteiger partial charge on any atom is 0.259 e. The number of carbonyl (C=O) groups excluding carboxylic acids is 1. The molecule has 4 rings (SSSR count). The summed E-state index contributed by atoms with van der Waals surface area (Å²) < 4.78 is 15.3. The summed E-state index contributed by atoms with van der Waals surface area (Å²) in [6.45, 7) is 0.493. The van der Waals surface area contributed by atoms with Gasteiger partial charge in [-0.15, -0.1) is 0 Å². The molecule has 0 saturated carbocycles. The lowest BCUT2D eigenvalue weighted by Crippen LogP contribution is -2.22. The molecule has 0 bridgehead atoms.